The van der Waals surface area contributed by atoms with Gasteiger partial charge in [-0.05, 0) is 42.0 Å². The van der Waals surface area contributed by atoms with Gasteiger partial charge in [-0.15, -0.1) is 0 Å². The molecule has 0 N–H and O–H groups in total. The van der Waals surface area contributed by atoms with E-state index in [0.29, 0.717) is 42.5 Å². The van der Waals surface area contributed by atoms with Crippen LogP contribution in [-0.2, 0) is 13.6 Å². The SMILES string of the molecule is Cn1cc(-c2cc(Oc3ccc4c(c3)C(=O)N(Cc3ccc(F)cc3)CCO4)ccn2)cn1. The lowest BCUT2D eigenvalue weighted by Crippen LogP contribution is -2.31. The summed E-state index contributed by atoms with van der Waals surface area (Å²) in [5.41, 5.74) is 2.89. The van der Waals surface area contributed by atoms with Crippen molar-refractivity contribution in [1.82, 2.24) is 19.7 Å². The molecule has 0 aliphatic carbocycles. The number of rotatable bonds is 5. The van der Waals surface area contributed by atoms with Crippen molar-refractivity contribution in [2.75, 3.05) is 13.2 Å². The van der Waals surface area contributed by atoms with E-state index in [0.717, 1.165) is 16.8 Å². The number of halogens is 1. The lowest BCUT2D eigenvalue weighted by atomic mass is 10.1. The largest absolute Gasteiger partial charge is 0.491 e. The molecule has 8 heteroatoms. The van der Waals surface area contributed by atoms with E-state index < -0.39 is 0 Å². The molecule has 1 amide bonds. The topological polar surface area (TPSA) is 69.5 Å². The molecular weight excluding hydrogens is 423 g/mol. The number of pyridine rings is 1. The van der Waals surface area contributed by atoms with Crippen LogP contribution in [0.25, 0.3) is 11.3 Å². The number of carbonyl (C=O) groups is 1. The lowest BCUT2D eigenvalue weighted by molar-refractivity contribution is 0.0742. The molecule has 2 aromatic carbocycles. The minimum atomic E-state index is -0.306. The molecule has 1 aliphatic heterocycles. The summed E-state index contributed by atoms with van der Waals surface area (Å²) >= 11 is 0. The number of amides is 1. The molecular formula is C25H21FN4O3. The van der Waals surface area contributed by atoms with Crippen LogP contribution in [0, 0.1) is 5.82 Å². The highest BCUT2D eigenvalue weighted by atomic mass is 19.1. The minimum Gasteiger partial charge on any atom is -0.491 e. The summed E-state index contributed by atoms with van der Waals surface area (Å²) in [5.74, 6) is 1.15. The van der Waals surface area contributed by atoms with Crippen molar-refractivity contribution in [1.29, 1.82) is 0 Å². The molecule has 0 radical (unpaired) electrons. The Bertz CT molecular complexity index is 1300. The third-order valence-electron chi connectivity index (χ3n) is 5.34. The van der Waals surface area contributed by atoms with Gasteiger partial charge in [0.05, 0.1) is 24.0 Å². The van der Waals surface area contributed by atoms with Gasteiger partial charge in [-0.2, -0.15) is 5.10 Å². The number of nitrogens with zero attached hydrogens (tertiary/aromatic N) is 4. The van der Waals surface area contributed by atoms with Crippen LogP contribution in [0.15, 0.2) is 73.2 Å². The van der Waals surface area contributed by atoms with Crippen LogP contribution >= 0.6 is 0 Å². The summed E-state index contributed by atoms with van der Waals surface area (Å²) in [7, 11) is 1.85. The van der Waals surface area contributed by atoms with Gasteiger partial charge >= 0.3 is 0 Å². The van der Waals surface area contributed by atoms with Gasteiger partial charge in [0.1, 0.15) is 29.7 Å². The fourth-order valence-electron chi connectivity index (χ4n) is 3.69. The summed E-state index contributed by atoms with van der Waals surface area (Å²) in [6.07, 6.45) is 5.28. The van der Waals surface area contributed by atoms with Crippen LogP contribution in [0.4, 0.5) is 4.39 Å². The van der Waals surface area contributed by atoms with Gasteiger partial charge < -0.3 is 14.4 Å². The Morgan fingerprint density at radius 3 is 2.70 bits per heavy atom. The lowest BCUT2D eigenvalue weighted by Gasteiger charge is -2.20. The molecule has 0 saturated heterocycles. The molecule has 7 nitrogen and oxygen atoms in total. The molecule has 3 heterocycles. The van der Waals surface area contributed by atoms with Crippen molar-refractivity contribution >= 4 is 5.91 Å². The number of fused-ring (bicyclic) bond motifs is 1. The second kappa shape index (κ2) is 8.74. The molecule has 0 spiro atoms. The zero-order valence-electron chi connectivity index (χ0n) is 17.9. The summed E-state index contributed by atoms with van der Waals surface area (Å²) in [6, 6.07) is 14.9. The molecule has 2 aromatic heterocycles. The first-order valence-electron chi connectivity index (χ1n) is 10.5. The number of aryl methyl sites for hydroxylation is 1. The van der Waals surface area contributed by atoms with E-state index in [1.807, 2.05) is 19.3 Å². The fourth-order valence-corrected chi connectivity index (χ4v) is 3.69. The fraction of sp³-hybridized carbons (Fsp3) is 0.160. The molecule has 4 aromatic rings. The normalized spacial score (nSPS) is 13.3. The van der Waals surface area contributed by atoms with Gasteiger partial charge in [0, 0.05) is 37.6 Å². The van der Waals surface area contributed by atoms with Gasteiger partial charge in [0.15, 0.2) is 0 Å². The smallest absolute Gasteiger partial charge is 0.258 e. The van der Waals surface area contributed by atoms with Crippen molar-refractivity contribution in [3.63, 3.8) is 0 Å². The van der Waals surface area contributed by atoms with Crippen molar-refractivity contribution in [2.45, 2.75) is 6.54 Å². The number of benzene rings is 2. The average molecular weight is 444 g/mol. The van der Waals surface area contributed by atoms with Gasteiger partial charge in [-0.25, -0.2) is 4.39 Å². The van der Waals surface area contributed by atoms with E-state index in [4.69, 9.17) is 9.47 Å². The Balaban J connectivity index is 1.38. The van der Waals surface area contributed by atoms with Crippen LogP contribution in [0.3, 0.4) is 0 Å². The number of carbonyl (C=O) groups excluding carboxylic acids is 1. The Labute approximate surface area is 190 Å². The monoisotopic (exact) mass is 444 g/mol. The highest BCUT2D eigenvalue weighted by Crippen LogP contribution is 2.31. The molecule has 1 aliphatic rings. The summed E-state index contributed by atoms with van der Waals surface area (Å²) in [6.45, 7) is 1.17. The van der Waals surface area contributed by atoms with Crippen molar-refractivity contribution in [3.05, 3.63) is 90.1 Å². The van der Waals surface area contributed by atoms with Crippen LogP contribution in [0.5, 0.6) is 17.2 Å². The molecule has 0 fully saturated rings. The maximum Gasteiger partial charge on any atom is 0.258 e. The molecule has 0 saturated carbocycles. The molecule has 166 valence electrons. The Hall–Kier alpha value is -4.20. The highest BCUT2D eigenvalue weighted by Gasteiger charge is 2.24. The maximum absolute atomic E-state index is 13.3. The second-order valence-corrected chi connectivity index (χ2v) is 7.74. The molecule has 0 atom stereocenters. The third kappa shape index (κ3) is 4.55. The minimum absolute atomic E-state index is 0.164. The molecule has 0 unspecified atom stereocenters. The number of hydrogen-bond donors (Lipinski definition) is 0. The standard InChI is InChI=1S/C25H21FN4O3/c1-29-16-18(14-28-29)23-13-21(8-9-27-23)33-20-6-7-24-22(12-20)25(31)30(10-11-32-24)15-17-2-4-19(26)5-3-17/h2-9,12-14,16H,10-11,15H2,1H3. The second-order valence-electron chi connectivity index (χ2n) is 7.74. The van der Waals surface area contributed by atoms with Gasteiger partial charge in [-0.3, -0.25) is 14.5 Å². The van der Waals surface area contributed by atoms with E-state index in [1.165, 1.54) is 12.1 Å². The first-order valence-corrected chi connectivity index (χ1v) is 10.5. The number of hydrogen-bond acceptors (Lipinski definition) is 5. The summed E-state index contributed by atoms with van der Waals surface area (Å²) < 4.78 is 26.8. The quantitative estimate of drug-likeness (QED) is 0.455. The number of aromatic nitrogens is 3. The number of ether oxygens (including phenoxy) is 2. The molecule has 0 bridgehead atoms. The van der Waals surface area contributed by atoms with Gasteiger partial charge in [0.2, 0.25) is 0 Å². The first-order chi connectivity index (χ1) is 16.0. The van der Waals surface area contributed by atoms with E-state index in [1.54, 1.807) is 58.4 Å². The summed E-state index contributed by atoms with van der Waals surface area (Å²) in [5, 5.41) is 4.17. The zero-order valence-corrected chi connectivity index (χ0v) is 17.9. The highest BCUT2D eigenvalue weighted by molar-refractivity contribution is 5.97. The van der Waals surface area contributed by atoms with E-state index >= 15 is 0 Å². The van der Waals surface area contributed by atoms with Crippen LogP contribution < -0.4 is 9.47 Å². The van der Waals surface area contributed by atoms with Crippen molar-refractivity contribution < 1.29 is 18.7 Å². The van der Waals surface area contributed by atoms with Crippen LogP contribution in [-0.4, -0.2) is 38.7 Å². The molecule has 5 rings (SSSR count). The first kappa shape index (κ1) is 20.7. The van der Waals surface area contributed by atoms with Crippen molar-refractivity contribution in [3.8, 4) is 28.5 Å². The third-order valence-corrected chi connectivity index (χ3v) is 5.34. The van der Waals surface area contributed by atoms with Gasteiger partial charge in [-0.1, -0.05) is 12.1 Å². The predicted octanol–water partition coefficient (Wildman–Crippen LogP) is 4.45. The zero-order chi connectivity index (χ0) is 22.8. The van der Waals surface area contributed by atoms with Gasteiger partial charge in [0.25, 0.3) is 5.91 Å². The van der Waals surface area contributed by atoms with Crippen molar-refractivity contribution in [2.24, 2.45) is 7.05 Å². The van der Waals surface area contributed by atoms with Crippen LogP contribution in [0.2, 0.25) is 0 Å². The van der Waals surface area contributed by atoms with E-state index in [2.05, 4.69) is 10.1 Å². The maximum atomic E-state index is 13.3. The average Bonchev–Trinajstić information content (AvgIpc) is 3.20. The Morgan fingerprint density at radius 1 is 1.09 bits per heavy atom. The Kier molecular flexibility index (Phi) is 5.48. The van der Waals surface area contributed by atoms with E-state index in [-0.39, 0.29) is 11.7 Å². The van der Waals surface area contributed by atoms with Crippen LogP contribution in [0.1, 0.15) is 15.9 Å². The predicted molar refractivity (Wildman–Crippen MR) is 120 cm³/mol. The van der Waals surface area contributed by atoms with E-state index in [9.17, 15) is 9.18 Å². The molecule has 33 heavy (non-hydrogen) atoms. The Morgan fingerprint density at radius 2 is 1.91 bits per heavy atom. The summed E-state index contributed by atoms with van der Waals surface area (Å²) in [4.78, 5) is 19.3.